The summed E-state index contributed by atoms with van der Waals surface area (Å²) >= 11 is 1.24. The number of carbonyl (C=O) groups excluding carboxylic acids is 1. The van der Waals surface area contributed by atoms with E-state index in [1.54, 1.807) is 43.5 Å². The van der Waals surface area contributed by atoms with E-state index in [9.17, 15) is 9.59 Å². The van der Waals surface area contributed by atoms with Crippen LogP contribution in [0.5, 0.6) is 5.75 Å². The number of hydrogen-bond donors (Lipinski definition) is 1. The Morgan fingerprint density at radius 3 is 2.56 bits per heavy atom. The number of thioether (sulfide) groups is 1. The fourth-order valence-corrected chi connectivity index (χ4v) is 3.49. The molecule has 7 heteroatoms. The number of nitrogens with zero attached hydrogens (tertiary/aromatic N) is 2. The summed E-state index contributed by atoms with van der Waals surface area (Å²) in [5, 5.41) is 3.85. The minimum Gasteiger partial charge on any atom is -0.497 e. The number of hydrogen-bond acceptors (Lipinski definition) is 5. The summed E-state index contributed by atoms with van der Waals surface area (Å²) in [6.45, 7) is 3.81. The van der Waals surface area contributed by atoms with Gasteiger partial charge in [-0.2, -0.15) is 0 Å². The number of carbonyl (C=O) groups is 1. The molecular formula is C20H21N3O3S. The lowest BCUT2D eigenvalue weighted by Gasteiger charge is -2.14. The Morgan fingerprint density at radius 1 is 1.19 bits per heavy atom. The van der Waals surface area contributed by atoms with Gasteiger partial charge in [0.25, 0.3) is 5.56 Å². The molecule has 0 aliphatic carbocycles. The van der Waals surface area contributed by atoms with Gasteiger partial charge >= 0.3 is 0 Å². The summed E-state index contributed by atoms with van der Waals surface area (Å²) in [4.78, 5) is 29.8. The number of ether oxygens (including phenoxy) is 1. The standard InChI is InChI=1S/C20H21N3O3S/c1-13(2)21-18(24)12-27-20-22-17-7-5-4-6-16(17)19(25)23(20)14-8-10-15(26-3)11-9-14/h4-11,13H,12H2,1-3H3,(H,21,24). The summed E-state index contributed by atoms with van der Waals surface area (Å²) in [5.74, 6) is 0.781. The fraction of sp³-hybridized carbons (Fsp3) is 0.250. The van der Waals surface area contributed by atoms with Gasteiger partial charge in [-0.25, -0.2) is 4.98 Å². The van der Waals surface area contributed by atoms with Crippen LogP contribution in [-0.2, 0) is 4.79 Å². The number of fused-ring (bicyclic) bond motifs is 1. The first-order valence-corrected chi connectivity index (χ1v) is 9.56. The van der Waals surface area contributed by atoms with E-state index in [1.165, 1.54) is 16.3 Å². The molecule has 0 saturated heterocycles. The van der Waals surface area contributed by atoms with Crippen LogP contribution in [0.3, 0.4) is 0 Å². The number of para-hydroxylation sites is 1. The zero-order valence-corrected chi connectivity index (χ0v) is 16.2. The van der Waals surface area contributed by atoms with Crippen LogP contribution < -0.4 is 15.6 Å². The van der Waals surface area contributed by atoms with Crippen molar-refractivity contribution in [3.05, 3.63) is 58.9 Å². The Balaban J connectivity index is 2.06. The van der Waals surface area contributed by atoms with Gasteiger partial charge in [0.2, 0.25) is 5.91 Å². The molecule has 6 nitrogen and oxygen atoms in total. The number of amides is 1. The van der Waals surface area contributed by atoms with E-state index in [4.69, 9.17) is 4.74 Å². The van der Waals surface area contributed by atoms with E-state index in [0.717, 1.165) is 0 Å². The van der Waals surface area contributed by atoms with Gasteiger partial charge in [-0.3, -0.25) is 14.2 Å². The van der Waals surface area contributed by atoms with Crippen LogP contribution in [0.15, 0.2) is 58.5 Å². The molecule has 1 N–H and O–H groups in total. The Kier molecular flexibility index (Phi) is 5.81. The van der Waals surface area contributed by atoms with Crippen LogP contribution in [0.25, 0.3) is 16.6 Å². The highest BCUT2D eigenvalue weighted by atomic mass is 32.2. The van der Waals surface area contributed by atoms with Gasteiger partial charge in [0.15, 0.2) is 5.16 Å². The number of nitrogens with one attached hydrogen (secondary N) is 1. The third kappa shape index (κ3) is 4.31. The molecule has 0 radical (unpaired) electrons. The van der Waals surface area contributed by atoms with Gasteiger partial charge in [-0.05, 0) is 50.2 Å². The van der Waals surface area contributed by atoms with Crippen LogP contribution in [0, 0.1) is 0 Å². The van der Waals surface area contributed by atoms with Gasteiger partial charge in [0.1, 0.15) is 5.75 Å². The monoisotopic (exact) mass is 383 g/mol. The second-order valence-corrected chi connectivity index (χ2v) is 7.20. The van der Waals surface area contributed by atoms with Gasteiger partial charge in [0.05, 0.1) is 29.5 Å². The molecule has 1 heterocycles. The van der Waals surface area contributed by atoms with E-state index < -0.39 is 0 Å². The summed E-state index contributed by atoms with van der Waals surface area (Å²) < 4.78 is 6.73. The average molecular weight is 383 g/mol. The lowest BCUT2D eigenvalue weighted by molar-refractivity contribution is -0.119. The molecule has 0 atom stereocenters. The Bertz CT molecular complexity index is 1010. The SMILES string of the molecule is COc1ccc(-n2c(SCC(=O)NC(C)C)nc3ccccc3c2=O)cc1. The van der Waals surface area contributed by atoms with Gasteiger partial charge in [-0.1, -0.05) is 23.9 Å². The second-order valence-electron chi connectivity index (χ2n) is 6.26. The van der Waals surface area contributed by atoms with Crippen LogP contribution in [0.4, 0.5) is 0 Å². The first kappa shape index (κ1) is 19.0. The molecule has 0 saturated carbocycles. The van der Waals surface area contributed by atoms with E-state index in [0.29, 0.717) is 27.5 Å². The van der Waals surface area contributed by atoms with E-state index >= 15 is 0 Å². The third-order valence-corrected chi connectivity index (χ3v) is 4.80. The topological polar surface area (TPSA) is 73.2 Å². The highest BCUT2D eigenvalue weighted by Gasteiger charge is 2.15. The second kappa shape index (κ2) is 8.26. The van der Waals surface area contributed by atoms with E-state index in [-0.39, 0.29) is 23.3 Å². The van der Waals surface area contributed by atoms with Gasteiger partial charge in [0, 0.05) is 6.04 Å². The molecule has 1 aromatic heterocycles. The third-order valence-electron chi connectivity index (χ3n) is 3.86. The molecule has 0 fully saturated rings. The van der Waals surface area contributed by atoms with E-state index in [2.05, 4.69) is 10.3 Å². The average Bonchev–Trinajstić information content (AvgIpc) is 2.66. The van der Waals surface area contributed by atoms with Crippen LogP contribution in [0.2, 0.25) is 0 Å². The predicted molar refractivity (Wildman–Crippen MR) is 108 cm³/mol. The van der Waals surface area contributed by atoms with Crippen molar-refractivity contribution in [1.82, 2.24) is 14.9 Å². The van der Waals surface area contributed by atoms with E-state index in [1.807, 2.05) is 26.0 Å². The normalized spacial score (nSPS) is 11.0. The minimum absolute atomic E-state index is 0.0615. The molecule has 2 aromatic carbocycles. The fourth-order valence-electron chi connectivity index (χ4n) is 2.66. The Labute approximate surface area is 161 Å². The number of benzene rings is 2. The lowest BCUT2D eigenvalue weighted by Crippen LogP contribution is -2.32. The number of methoxy groups -OCH3 is 1. The van der Waals surface area contributed by atoms with Crippen molar-refractivity contribution in [3.8, 4) is 11.4 Å². The quantitative estimate of drug-likeness (QED) is 0.523. The summed E-state index contributed by atoms with van der Waals surface area (Å²) in [6, 6.07) is 14.4. The van der Waals surface area contributed by atoms with Crippen LogP contribution >= 0.6 is 11.8 Å². The summed E-state index contributed by atoms with van der Waals surface area (Å²) in [6.07, 6.45) is 0. The lowest BCUT2D eigenvalue weighted by atomic mass is 10.2. The smallest absolute Gasteiger partial charge is 0.266 e. The maximum atomic E-state index is 13.1. The number of rotatable bonds is 6. The van der Waals surface area contributed by atoms with Crippen LogP contribution in [0.1, 0.15) is 13.8 Å². The molecule has 0 bridgehead atoms. The maximum absolute atomic E-state index is 13.1. The minimum atomic E-state index is -0.169. The molecule has 0 aliphatic rings. The van der Waals surface area contributed by atoms with Crippen molar-refractivity contribution in [3.63, 3.8) is 0 Å². The summed E-state index contributed by atoms with van der Waals surface area (Å²) in [5.41, 5.74) is 1.11. The van der Waals surface area contributed by atoms with Crippen molar-refractivity contribution in [2.24, 2.45) is 0 Å². The molecule has 3 rings (SSSR count). The Morgan fingerprint density at radius 2 is 1.89 bits per heavy atom. The molecule has 0 unspecified atom stereocenters. The zero-order valence-electron chi connectivity index (χ0n) is 15.4. The molecule has 140 valence electrons. The molecular weight excluding hydrogens is 362 g/mol. The van der Waals surface area contributed by atoms with Crippen molar-refractivity contribution in [2.75, 3.05) is 12.9 Å². The Hall–Kier alpha value is -2.80. The first-order valence-electron chi connectivity index (χ1n) is 8.58. The first-order chi connectivity index (χ1) is 13.0. The highest BCUT2D eigenvalue weighted by Crippen LogP contribution is 2.22. The summed E-state index contributed by atoms with van der Waals surface area (Å²) in [7, 11) is 1.59. The van der Waals surface area contributed by atoms with Crippen molar-refractivity contribution in [1.29, 1.82) is 0 Å². The highest BCUT2D eigenvalue weighted by molar-refractivity contribution is 7.99. The van der Waals surface area contributed by atoms with Gasteiger partial charge < -0.3 is 10.1 Å². The molecule has 1 amide bonds. The predicted octanol–water partition coefficient (Wildman–Crippen LogP) is 3.01. The largest absolute Gasteiger partial charge is 0.497 e. The molecule has 0 aliphatic heterocycles. The number of aromatic nitrogens is 2. The molecule has 27 heavy (non-hydrogen) atoms. The molecule has 0 spiro atoms. The van der Waals surface area contributed by atoms with Crippen molar-refractivity contribution < 1.29 is 9.53 Å². The van der Waals surface area contributed by atoms with Crippen molar-refractivity contribution >= 4 is 28.6 Å². The van der Waals surface area contributed by atoms with Crippen molar-refractivity contribution in [2.45, 2.75) is 25.0 Å². The maximum Gasteiger partial charge on any atom is 0.266 e. The molecule has 3 aromatic rings. The van der Waals surface area contributed by atoms with Crippen LogP contribution in [-0.4, -0.2) is 34.4 Å². The van der Waals surface area contributed by atoms with Gasteiger partial charge in [-0.15, -0.1) is 0 Å². The zero-order chi connectivity index (χ0) is 19.4.